The second-order valence-electron chi connectivity index (χ2n) is 7.05. The zero-order chi connectivity index (χ0) is 19.2. The van der Waals surface area contributed by atoms with E-state index in [1.165, 1.54) is 54.3 Å². The fourth-order valence-electron chi connectivity index (χ4n) is 3.78. The fraction of sp³-hybridized carbons (Fsp3) is 0.417. The number of methoxy groups -OCH3 is 2. The van der Waals surface area contributed by atoms with Gasteiger partial charge in [-0.1, -0.05) is 40.3 Å². The first-order valence-corrected chi connectivity index (χ1v) is 11.4. The Kier molecular flexibility index (Phi) is 6.85. The van der Waals surface area contributed by atoms with Gasteiger partial charge in [-0.25, -0.2) is 0 Å². The third-order valence-electron chi connectivity index (χ3n) is 5.27. The van der Waals surface area contributed by atoms with Crippen molar-refractivity contribution >= 4 is 18.0 Å². The molecule has 0 bridgehead atoms. The van der Waals surface area contributed by atoms with Crippen LogP contribution in [0.3, 0.4) is 0 Å². The minimum Gasteiger partial charge on any atom is -0.497 e. The summed E-state index contributed by atoms with van der Waals surface area (Å²) in [6.07, 6.45) is 7.36. The van der Waals surface area contributed by atoms with E-state index >= 15 is 0 Å². The standard InChI is InChI=1S/C24H31O2P/c1-5-7-9-21-22-16-13-19(26-4)17-24(22)27(23(21)10-8-6-2)20-14-11-18(25-3)12-15-20/h11-17H,5-10H2,1-4H3. The molecule has 144 valence electrons. The first-order chi connectivity index (χ1) is 13.2. The molecule has 3 rings (SSSR count). The van der Waals surface area contributed by atoms with Gasteiger partial charge in [0.15, 0.2) is 0 Å². The van der Waals surface area contributed by atoms with Crippen molar-refractivity contribution in [3.8, 4) is 16.8 Å². The van der Waals surface area contributed by atoms with Crippen molar-refractivity contribution in [1.82, 2.24) is 0 Å². The van der Waals surface area contributed by atoms with Crippen molar-refractivity contribution in [3.05, 3.63) is 53.3 Å². The summed E-state index contributed by atoms with van der Waals surface area (Å²) in [4.78, 5) is 0. The normalized spacial score (nSPS) is 11.8. The van der Waals surface area contributed by atoms with Crippen LogP contribution in [0.2, 0.25) is 0 Å². The van der Waals surface area contributed by atoms with Gasteiger partial charge in [-0.2, -0.15) is 0 Å². The maximum atomic E-state index is 5.56. The van der Waals surface area contributed by atoms with Gasteiger partial charge in [0.1, 0.15) is 11.5 Å². The molecule has 0 aliphatic carbocycles. The van der Waals surface area contributed by atoms with E-state index in [0.29, 0.717) is 0 Å². The van der Waals surface area contributed by atoms with Crippen molar-refractivity contribution < 1.29 is 9.47 Å². The van der Waals surface area contributed by atoms with Crippen molar-refractivity contribution in [3.63, 3.8) is 0 Å². The van der Waals surface area contributed by atoms with Crippen LogP contribution in [0.25, 0.3) is 15.8 Å². The molecule has 2 nitrogen and oxygen atoms in total. The number of rotatable bonds is 9. The molecule has 0 radical (unpaired) electrons. The molecule has 1 unspecified atom stereocenters. The van der Waals surface area contributed by atoms with Gasteiger partial charge in [0.25, 0.3) is 0 Å². The quantitative estimate of drug-likeness (QED) is 0.381. The molecule has 0 saturated heterocycles. The molecule has 3 aromatic rings. The van der Waals surface area contributed by atoms with Gasteiger partial charge in [0.05, 0.1) is 14.2 Å². The zero-order valence-corrected chi connectivity index (χ0v) is 17.9. The monoisotopic (exact) mass is 382 g/mol. The summed E-state index contributed by atoms with van der Waals surface area (Å²) in [5.74, 6) is 1.88. The Morgan fingerprint density at radius 3 is 2.04 bits per heavy atom. The van der Waals surface area contributed by atoms with Crippen LogP contribution in [0.15, 0.2) is 42.5 Å². The molecule has 0 aliphatic rings. The lowest BCUT2D eigenvalue weighted by atomic mass is 10.0. The summed E-state index contributed by atoms with van der Waals surface area (Å²) in [7, 11) is 3.01. The molecule has 0 N–H and O–H groups in total. The Bertz CT molecular complexity index is 878. The Morgan fingerprint density at radius 1 is 0.778 bits per heavy atom. The van der Waals surface area contributed by atoms with Crippen LogP contribution >= 0.6 is 7.53 Å². The summed E-state index contributed by atoms with van der Waals surface area (Å²) in [6, 6.07) is 15.4. The predicted octanol–water partition coefficient (Wildman–Crippen LogP) is 7.52. The van der Waals surface area contributed by atoms with E-state index in [0.717, 1.165) is 11.5 Å². The maximum absolute atomic E-state index is 5.56. The molecule has 1 atom stereocenters. The molecule has 0 aliphatic heterocycles. The molecule has 0 amide bonds. The van der Waals surface area contributed by atoms with Crippen LogP contribution < -0.4 is 9.47 Å². The highest BCUT2D eigenvalue weighted by molar-refractivity contribution is 7.63. The van der Waals surface area contributed by atoms with E-state index in [9.17, 15) is 0 Å². The van der Waals surface area contributed by atoms with Gasteiger partial charge in [-0.05, 0) is 83.6 Å². The van der Waals surface area contributed by atoms with Crippen LogP contribution in [0.1, 0.15) is 50.4 Å². The molecule has 3 heteroatoms. The minimum atomic E-state index is -0.482. The lowest BCUT2D eigenvalue weighted by Gasteiger charge is -2.10. The zero-order valence-electron chi connectivity index (χ0n) is 17.0. The number of benzene rings is 2. The van der Waals surface area contributed by atoms with Crippen molar-refractivity contribution in [2.75, 3.05) is 14.2 Å². The van der Waals surface area contributed by atoms with E-state index in [-0.39, 0.29) is 0 Å². The molecular weight excluding hydrogens is 351 g/mol. The second-order valence-corrected chi connectivity index (χ2v) is 9.26. The number of unbranched alkanes of at least 4 members (excludes halogenated alkanes) is 2. The van der Waals surface area contributed by atoms with Crippen molar-refractivity contribution in [2.45, 2.75) is 52.4 Å². The summed E-state index contributed by atoms with van der Waals surface area (Å²) < 4.78 is 10.9. The third kappa shape index (κ3) is 4.17. The Balaban J connectivity index is 2.24. The number of hydrogen-bond donors (Lipinski definition) is 0. The molecule has 1 aromatic heterocycles. The average Bonchev–Trinajstić information content (AvgIpc) is 3.02. The Hall–Kier alpha value is -1.92. The smallest absolute Gasteiger partial charge is 0.119 e. The molecule has 0 spiro atoms. The van der Waals surface area contributed by atoms with E-state index in [2.05, 4.69) is 56.3 Å². The first kappa shape index (κ1) is 19.8. The minimum absolute atomic E-state index is 0.482. The average molecular weight is 382 g/mol. The molecular formula is C24H31O2P. The van der Waals surface area contributed by atoms with E-state index in [4.69, 9.17) is 9.47 Å². The molecule has 2 aromatic carbocycles. The van der Waals surface area contributed by atoms with Crippen LogP contribution in [0.4, 0.5) is 0 Å². The van der Waals surface area contributed by atoms with Gasteiger partial charge in [-0.15, -0.1) is 0 Å². The summed E-state index contributed by atoms with van der Waals surface area (Å²) in [6.45, 7) is 4.56. The lowest BCUT2D eigenvalue weighted by molar-refractivity contribution is 0.415. The largest absolute Gasteiger partial charge is 0.497 e. The topological polar surface area (TPSA) is 18.5 Å². The summed E-state index contributed by atoms with van der Waals surface area (Å²) >= 11 is 0. The van der Waals surface area contributed by atoms with Crippen molar-refractivity contribution in [1.29, 1.82) is 0 Å². The lowest BCUT2D eigenvalue weighted by Crippen LogP contribution is -1.91. The number of fused-ring (bicyclic) bond motifs is 1. The maximum Gasteiger partial charge on any atom is 0.119 e. The number of ether oxygens (including phenoxy) is 2. The Morgan fingerprint density at radius 2 is 1.41 bits per heavy atom. The highest BCUT2D eigenvalue weighted by Gasteiger charge is 2.19. The fourth-order valence-corrected chi connectivity index (χ4v) is 6.70. The molecule has 27 heavy (non-hydrogen) atoms. The van der Waals surface area contributed by atoms with Gasteiger partial charge < -0.3 is 9.47 Å². The summed E-state index contributed by atoms with van der Waals surface area (Å²) in [5, 5.41) is 6.01. The van der Waals surface area contributed by atoms with E-state index < -0.39 is 7.53 Å². The van der Waals surface area contributed by atoms with Gasteiger partial charge in [-0.3, -0.25) is 0 Å². The van der Waals surface area contributed by atoms with Crippen molar-refractivity contribution in [2.24, 2.45) is 0 Å². The predicted molar refractivity (Wildman–Crippen MR) is 118 cm³/mol. The van der Waals surface area contributed by atoms with E-state index in [1.807, 2.05) is 0 Å². The number of hydrogen-bond acceptors (Lipinski definition) is 2. The molecule has 0 fully saturated rings. The molecule has 1 heterocycles. The van der Waals surface area contributed by atoms with E-state index in [1.54, 1.807) is 25.1 Å². The van der Waals surface area contributed by atoms with Crippen LogP contribution in [-0.2, 0) is 12.8 Å². The summed E-state index contributed by atoms with van der Waals surface area (Å²) in [5.41, 5.74) is 1.60. The highest BCUT2D eigenvalue weighted by Crippen LogP contribution is 2.55. The SMILES string of the molecule is CCCCc1c(CCCC)p(-c2ccc(OC)cc2)c2cc(OC)ccc12. The first-order valence-electron chi connectivity index (χ1n) is 10.1. The van der Waals surface area contributed by atoms with Crippen LogP contribution in [0.5, 0.6) is 11.5 Å². The third-order valence-corrected chi connectivity index (χ3v) is 7.97. The van der Waals surface area contributed by atoms with Gasteiger partial charge in [0.2, 0.25) is 0 Å². The van der Waals surface area contributed by atoms with Crippen LogP contribution in [-0.4, -0.2) is 14.2 Å². The van der Waals surface area contributed by atoms with Gasteiger partial charge in [0, 0.05) is 5.12 Å². The molecule has 0 saturated carbocycles. The van der Waals surface area contributed by atoms with Gasteiger partial charge >= 0.3 is 0 Å². The second kappa shape index (κ2) is 9.33. The highest BCUT2D eigenvalue weighted by atomic mass is 31.1. The number of aryl methyl sites for hydroxylation is 1. The Labute approximate surface area is 164 Å². The van der Waals surface area contributed by atoms with Crippen LogP contribution in [0, 0.1) is 0 Å².